The molecule has 0 amide bonds. The van der Waals surface area contributed by atoms with Gasteiger partial charge in [0, 0.05) is 5.75 Å². The van der Waals surface area contributed by atoms with E-state index < -0.39 is 0 Å². The zero-order valence-electron chi connectivity index (χ0n) is 14.0. The molecule has 0 fully saturated rings. The van der Waals surface area contributed by atoms with Crippen molar-refractivity contribution in [3.05, 3.63) is 66.0 Å². The molecule has 0 unspecified atom stereocenters. The summed E-state index contributed by atoms with van der Waals surface area (Å²) in [6, 6.07) is 15.8. The third-order valence-corrected chi connectivity index (χ3v) is 4.45. The van der Waals surface area contributed by atoms with Crippen molar-refractivity contribution in [2.75, 3.05) is 14.2 Å². The van der Waals surface area contributed by atoms with Crippen LogP contribution in [0.4, 0.5) is 0 Å². The van der Waals surface area contributed by atoms with Crippen LogP contribution in [-0.2, 0) is 5.75 Å². The Hall–Kier alpha value is -2.80. The number of nitrogens with zero attached hydrogens (tertiary/aromatic N) is 4. The average molecular weight is 354 g/mol. The van der Waals surface area contributed by atoms with Crippen molar-refractivity contribution >= 4 is 18.0 Å². The van der Waals surface area contributed by atoms with Crippen LogP contribution in [0.5, 0.6) is 11.5 Å². The Morgan fingerprint density at radius 3 is 2.64 bits per heavy atom. The highest BCUT2D eigenvalue weighted by Crippen LogP contribution is 2.27. The Bertz CT molecular complexity index is 849. The Kier molecular flexibility index (Phi) is 5.69. The fourth-order valence-corrected chi connectivity index (χ4v) is 3.00. The van der Waals surface area contributed by atoms with E-state index in [0.717, 1.165) is 16.5 Å². The van der Waals surface area contributed by atoms with Gasteiger partial charge in [-0.1, -0.05) is 42.1 Å². The van der Waals surface area contributed by atoms with Gasteiger partial charge in [0.05, 0.1) is 20.4 Å². The lowest BCUT2D eigenvalue weighted by Crippen LogP contribution is -1.95. The zero-order valence-corrected chi connectivity index (χ0v) is 14.8. The molecule has 3 aromatic rings. The van der Waals surface area contributed by atoms with E-state index in [0.29, 0.717) is 11.5 Å². The highest BCUT2D eigenvalue weighted by molar-refractivity contribution is 7.98. The Balaban J connectivity index is 1.71. The molecule has 0 aliphatic heterocycles. The SMILES string of the molecule is COc1ccc(/C=N/n2cnnc2SCc2ccccc2)cc1OC. The molecular formula is C18H18N4O2S. The van der Waals surface area contributed by atoms with Crippen LogP contribution in [-0.4, -0.2) is 35.3 Å². The molecule has 0 aliphatic rings. The molecule has 2 aromatic carbocycles. The number of ether oxygens (including phenoxy) is 2. The zero-order chi connectivity index (χ0) is 17.5. The van der Waals surface area contributed by atoms with Crippen molar-refractivity contribution in [3.63, 3.8) is 0 Å². The van der Waals surface area contributed by atoms with Gasteiger partial charge in [-0.3, -0.25) is 0 Å². The van der Waals surface area contributed by atoms with Crippen molar-refractivity contribution < 1.29 is 9.47 Å². The monoisotopic (exact) mass is 354 g/mol. The van der Waals surface area contributed by atoms with Gasteiger partial charge in [-0.05, 0) is 29.3 Å². The Labute approximate surface area is 150 Å². The van der Waals surface area contributed by atoms with Gasteiger partial charge in [-0.25, -0.2) is 0 Å². The van der Waals surface area contributed by atoms with Gasteiger partial charge in [-0.2, -0.15) is 9.78 Å². The van der Waals surface area contributed by atoms with Crippen molar-refractivity contribution in [1.29, 1.82) is 0 Å². The van der Waals surface area contributed by atoms with Crippen LogP contribution in [0.1, 0.15) is 11.1 Å². The molecule has 0 bridgehead atoms. The summed E-state index contributed by atoms with van der Waals surface area (Å²) < 4.78 is 12.2. The number of methoxy groups -OCH3 is 2. The van der Waals surface area contributed by atoms with Crippen LogP contribution in [0.2, 0.25) is 0 Å². The van der Waals surface area contributed by atoms with E-state index in [1.807, 2.05) is 36.4 Å². The molecule has 0 saturated carbocycles. The highest BCUT2D eigenvalue weighted by Gasteiger charge is 2.06. The molecule has 0 spiro atoms. The van der Waals surface area contributed by atoms with Crippen LogP contribution in [0, 0.1) is 0 Å². The van der Waals surface area contributed by atoms with E-state index in [9.17, 15) is 0 Å². The van der Waals surface area contributed by atoms with E-state index >= 15 is 0 Å². The standard InChI is InChI=1S/C18H18N4O2S/c1-23-16-9-8-15(10-17(16)24-2)11-20-22-13-19-21-18(22)25-12-14-6-4-3-5-7-14/h3-11,13H,12H2,1-2H3/b20-11+. The van der Waals surface area contributed by atoms with Gasteiger partial charge in [-0.15, -0.1) is 10.2 Å². The van der Waals surface area contributed by atoms with E-state index in [1.54, 1.807) is 43.2 Å². The maximum absolute atomic E-state index is 5.30. The van der Waals surface area contributed by atoms with Crippen molar-refractivity contribution in [3.8, 4) is 11.5 Å². The fourth-order valence-electron chi connectivity index (χ4n) is 2.18. The largest absolute Gasteiger partial charge is 0.493 e. The van der Waals surface area contributed by atoms with Crippen LogP contribution in [0.15, 0.2) is 65.1 Å². The number of hydrogen-bond acceptors (Lipinski definition) is 6. The first-order chi connectivity index (χ1) is 12.3. The van der Waals surface area contributed by atoms with E-state index in [2.05, 4.69) is 27.4 Å². The number of thioether (sulfide) groups is 1. The molecule has 0 saturated heterocycles. The third kappa shape index (κ3) is 4.39. The minimum Gasteiger partial charge on any atom is -0.493 e. The molecule has 1 aromatic heterocycles. The van der Waals surface area contributed by atoms with Crippen molar-refractivity contribution in [2.45, 2.75) is 10.9 Å². The summed E-state index contributed by atoms with van der Waals surface area (Å²) in [4.78, 5) is 0. The molecule has 0 radical (unpaired) electrons. The summed E-state index contributed by atoms with van der Waals surface area (Å²) in [5, 5.41) is 13.2. The maximum Gasteiger partial charge on any atom is 0.212 e. The van der Waals surface area contributed by atoms with Crippen molar-refractivity contribution in [2.24, 2.45) is 5.10 Å². The molecule has 1 heterocycles. The molecule has 0 aliphatic carbocycles. The lowest BCUT2D eigenvalue weighted by molar-refractivity contribution is 0.355. The second-order valence-corrected chi connectivity index (χ2v) is 6.03. The summed E-state index contributed by atoms with van der Waals surface area (Å²) in [6.45, 7) is 0. The first-order valence-electron chi connectivity index (χ1n) is 7.63. The van der Waals surface area contributed by atoms with E-state index in [4.69, 9.17) is 9.47 Å². The van der Waals surface area contributed by atoms with E-state index in [-0.39, 0.29) is 0 Å². The molecule has 128 valence electrons. The summed E-state index contributed by atoms with van der Waals surface area (Å²) in [7, 11) is 3.22. The van der Waals surface area contributed by atoms with Crippen LogP contribution >= 0.6 is 11.8 Å². The molecular weight excluding hydrogens is 336 g/mol. The summed E-state index contributed by atoms with van der Waals surface area (Å²) >= 11 is 1.59. The van der Waals surface area contributed by atoms with Crippen LogP contribution in [0.3, 0.4) is 0 Å². The number of hydrogen-bond donors (Lipinski definition) is 0. The van der Waals surface area contributed by atoms with Gasteiger partial charge in [0.2, 0.25) is 5.16 Å². The topological polar surface area (TPSA) is 61.5 Å². The summed E-state index contributed by atoms with van der Waals surface area (Å²) in [5.74, 6) is 2.16. The predicted octanol–water partition coefficient (Wildman–Crippen LogP) is 3.47. The highest BCUT2D eigenvalue weighted by atomic mass is 32.2. The van der Waals surface area contributed by atoms with Gasteiger partial charge in [0.1, 0.15) is 6.33 Å². The minimum atomic E-state index is 0.661. The second-order valence-electron chi connectivity index (χ2n) is 5.09. The second kappa shape index (κ2) is 8.34. The number of benzene rings is 2. The normalized spacial score (nSPS) is 11.0. The quantitative estimate of drug-likeness (QED) is 0.480. The molecule has 3 rings (SSSR count). The minimum absolute atomic E-state index is 0.661. The van der Waals surface area contributed by atoms with Gasteiger partial charge in [0.15, 0.2) is 11.5 Å². The predicted molar refractivity (Wildman–Crippen MR) is 98.6 cm³/mol. The summed E-state index contributed by atoms with van der Waals surface area (Å²) in [5.41, 5.74) is 2.12. The van der Waals surface area contributed by atoms with Crippen LogP contribution < -0.4 is 9.47 Å². The first kappa shape index (κ1) is 17.0. The molecule has 0 N–H and O–H groups in total. The number of rotatable bonds is 7. The fraction of sp³-hybridized carbons (Fsp3) is 0.167. The molecule has 25 heavy (non-hydrogen) atoms. The molecule has 7 heteroatoms. The van der Waals surface area contributed by atoms with Gasteiger partial charge < -0.3 is 9.47 Å². The first-order valence-corrected chi connectivity index (χ1v) is 8.62. The Morgan fingerprint density at radius 1 is 1.08 bits per heavy atom. The van der Waals surface area contributed by atoms with E-state index in [1.165, 1.54) is 5.56 Å². The van der Waals surface area contributed by atoms with Gasteiger partial charge in [0.25, 0.3) is 0 Å². The van der Waals surface area contributed by atoms with Crippen LogP contribution in [0.25, 0.3) is 0 Å². The van der Waals surface area contributed by atoms with Gasteiger partial charge >= 0.3 is 0 Å². The molecule has 0 atom stereocenters. The Morgan fingerprint density at radius 2 is 1.88 bits per heavy atom. The smallest absolute Gasteiger partial charge is 0.212 e. The third-order valence-electron chi connectivity index (χ3n) is 3.45. The average Bonchev–Trinajstić information content (AvgIpc) is 3.12. The molecule has 6 nitrogen and oxygen atoms in total. The maximum atomic E-state index is 5.30. The lowest BCUT2D eigenvalue weighted by atomic mass is 10.2. The number of aromatic nitrogens is 3. The lowest BCUT2D eigenvalue weighted by Gasteiger charge is -2.07. The van der Waals surface area contributed by atoms with Crippen molar-refractivity contribution in [1.82, 2.24) is 14.9 Å². The summed E-state index contributed by atoms with van der Waals surface area (Å²) in [6.07, 6.45) is 3.32.